The summed E-state index contributed by atoms with van der Waals surface area (Å²) in [5.41, 5.74) is 4.82. The van der Waals surface area contributed by atoms with E-state index in [9.17, 15) is 9.59 Å². The molecule has 0 aromatic heterocycles. The molecule has 2 atom stereocenters. The monoisotopic (exact) mass is 406 g/mol. The summed E-state index contributed by atoms with van der Waals surface area (Å²) in [6.45, 7) is 0. The molecule has 0 radical (unpaired) electrons. The van der Waals surface area contributed by atoms with Crippen molar-refractivity contribution in [3.63, 3.8) is 0 Å². The maximum atomic E-state index is 15.1. The number of hydrogen-bond acceptors (Lipinski definition) is 2. The normalized spacial score (nSPS) is 20.0. The van der Waals surface area contributed by atoms with Crippen LogP contribution in [0, 0.1) is 17.6 Å². The van der Waals surface area contributed by atoms with E-state index in [1.807, 2.05) is 6.07 Å². The molecular formula is C24H20F2N2O2. The Bertz CT molecular complexity index is 1060. The van der Waals surface area contributed by atoms with E-state index in [0.29, 0.717) is 5.56 Å². The quantitative estimate of drug-likeness (QED) is 0.679. The Morgan fingerprint density at radius 2 is 1.37 bits per heavy atom. The Labute approximate surface area is 172 Å². The summed E-state index contributed by atoms with van der Waals surface area (Å²) >= 11 is 0. The number of primary amides is 1. The number of halogens is 2. The summed E-state index contributed by atoms with van der Waals surface area (Å²) in [6, 6.07) is 20.9. The van der Waals surface area contributed by atoms with Crippen LogP contribution in [0.1, 0.15) is 29.0 Å². The lowest BCUT2D eigenvalue weighted by atomic mass is 9.67. The van der Waals surface area contributed by atoms with Crippen LogP contribution in [-0.2, 0) is 15.1 Å². The summed E-state index contributed by atoms with van der Waals surface area (Å²) < 4.78 is 30.3. The average molecular weight is 406 g/mol. The molecule has 3 aromatic rings. The van der Waals surface area contributed by atoms with Gasteiger partial charge in [0.2, 0.25) is 11.8 Å². The van der Waals surface area contributed by atoms with Crippen molar-refractivity contribution in [1.82, 2.24) is 5.32 Å². The molecule has 3 N–H and O–H groups in total. The summed E-state index contributed by atoms with van der Waals surface area (Å²) in [6.07, 6.45) is -0.240. The molecule has 1 unspecified atom stereocenters. The fraction of sp³-hybridized carbons (Fsp3) is 0.167. The van der Waals surface area contributed by atoms with Crippen LogP contribution in [0.25, 0.3) is 0 Å². The van der Waals surface area contributed by atoms with Crippen molar-refractivity contribution in [3.8, 4) is 0 Å². The third kappa shape index (κ3) is 3.14. The van der Waals surface area contributed by atoms with Gasteiger partial charge in [0.05, 0.1) is 5.92 Å². The second-order valence-electron chi connectivity index (χ2n) is 7.42. The van der Waals surface area contributed by atoms with Gasteiger partial charge in [-0.05, 0) is 17.7 Å². The van der Waals surface area contributed by atoms with Gasteiger partial charge >= 0.3 is 0 Å². The lowest BCUT2D eigenvalue weighted by molar-refractivity contribution is -0.127. The van der Waals surface area contributed by atoms with E-state index >= 15 is 8.78 Å². The number of hydrogen-bond donors (Lipinski definition) is 2. The highest BCUT2D eigenvalue weighted by Crippen LogP contribution is 2.52. The van der Waals surface area contributed by atoms with Crippen molar-refractivity contribution in [3.05, 3.63) is 107 Å². The first-order chi connectivity index (χ1) is 14.4. The van der Waals surface area contributed by atoms with Crippen LogP contribution in [0.5, 0.6) is 0 Å². The molecule has 2 amide bonds. The van der Waals surface area contributed by atoms with Crippen LogP contribution in [0.4, 0.5) is 8.78 Å². The second kappa shape index (κ2) is 7.71. The van der Waals surface area contributed by atoms with Gasteiger partial charge in [-0.25, -0.2) is 8.78 Å². The van der Waals surface area contributed by atoms with E-state index < -0.39 is 40.8 Å². The van der Waals surface area contributed by atoms with Crippen LogP contribution >= 0.6 is 0 Å². The largest absolute Gasteiger partial charge is 0.370 e. The van der Waals surface area contributed by atoms with Crippen LogP contribution < -0.4 is 11.1 Å². The van der Waals surface area contributed by atoms with Gasteiger partial charge in [0.1, 0.15) is 17.2 Å². The van der Waals surface area contributed by atoms with Crippen LogP contribution in [0.15, 0.2) is 78.9 Å². The van der Waals surface area contributed by atoms with Crippen molar-refractivity contribution in [2.24, 2.45) is 11.7 Å². The third-order valence-electron chi connectivity index (χ3n) is 5.70. The van der Waals surface area contributed by atoms with E-state index in [1.54, 1.807) is 36.4 Å². The molecule has 1 saturated heterocycles. The first-order valence-corrected chi connectivity index (χ1v) is 9.60. The average Bonchev–Trinajstić information content (AvgIpc) is 3.01. The van der Waals surface area contributed by atoms with Gasteiger partial charge < -0.3 is 11.1 Å². The molecule has 1 heterocycles. The van der Waals surface area contributed by atoms with E-state index in [0.717, 1.165) is 0 Å². The fourth-order valence-electron chi connectivity index (χ4n) is 4.56. The highest BCUT2D eigenvalue weighted by molar-refractivity contribution is 5.90. The molecule has 4 rings (SSSR count). The van der Waals surface area contributed by atoms with Crippen molar-refractivity contribution < 1.29 is 18.4 Å². The van der Waals surface area contributed by atoms with Crippen LogP contribution in [0.3, 0.4) is 0 Å². The summed E-state index contributed by atoms with van der Waals surface area (Å²) in [5.74, 6) is -3.94. The first kappa shape index (κ1) is 19.8. The SMILES string of the molecule is NC(=O)C[C@@H]1C(=O)NC(c2ccccc2F)(c2ccccc2F)C1c1ccccc1. The first-order valence-electron chi connectivity index (χ1n) is 9.60. The number of carbonyl (C=O) groups excluding carboxylic acids is 2. The molecule has 1 aliphatic heterocycles. The molecule has 1 aliphatic rings. The minimum atomic E-state index is -1.55. The number of rotatable bonds is 5. The van der Waals surface area contributed by atoms with Gasteiger partial charge in [-0.2, -0.15) is 0 Å². The molecule has 152 valence electrons. The maximum Gasteiger partial charge on any atom is 0.225 e. The Balaban J connectivity index is 2.07. The minimum Gasteiger partial charge on any atom is -0.370 e. The van der Waals surface area contributed by atoms with Gasteiger partial charge in [0.25, 0.3) is 0 Å². The molecule has 0 spiro atoms. The Kier molecular flexibility index (Phi) is 5.08. The highest BCUT2D eigenvalue weighted by atomic mass is 19.1. The minimum absolute atomic E-state index is 0.129. The van der Waals surface area contributed by atoms with Crippen molar-refractivity contribution in [1.29, 1.82) is 0 Å². The Morgan fingerprint density at radius 3 is 1.87 bits per heavy atom. The summed E-state index contributed by atoms with van der Waals surface area (Å²) in [7, 11) is 0. The summed E-state index contributed by atoms with van der Waals surface area (Å²) in [4.78, 5) is 24.9. The number of amides is 2. The number of nitrogens with one attached hydrogen (secondary N) is 1. The van der Waals surface area contributed by atoms with Gasteiger partial charge in [-0.1, -0.05) is 66.7 Å². The van der Waals surface area contributed by atoms with Gasteiger partial charge in [0.15, 0.2) is 0 Å². The molecule has 1 fully saturated rings. The van der Waals surface area contributed by atoms with E-state index in [-0.39, 0.29) is 17.5 Å². The maximum absolute atomic E-state index is 15.1. The van der Waals surface area contributed by atoms with Gasteiger partial charge in [0, 0.05) is 23.5 Å². The molecular weight excluding hydrogens is 386 g/mol. The van der Waals surface area contributed by atoms with Crippen LogP contribution in [0.2, 0.25) is 0 Å². The zero-order valence-electron chi connectivity index (χ0n) is 16.0. The van der Waals surface area contributed by atoms with Gasteiger partial charge in [-0.15, -0.1) is 0 Å². The lowest BCUT2D eigenvalue weighted by Crippen LogP contribution is -2.45. The van der Waals surface area contributed by atoms with E-state index in [4.69, 9.17) is 5.73 Å². The number of nitrogens with two attached hydrogens (primary N) is 1. The molecule has 0 saturated carbocycles. The Hall–Kier alpha value is -3.54. The standard InChI is InChI=1S/C24H20F2N2O2/c25-19-12-6-4-10-17(19)24(18-11-5-7-13-20(18)26)22(15-8-2-1-3-9-15)16(14-21(27)29)23(30)28-24/h1-13,16,22H,14H2,(H2,27,29)(H,28,30)/t16-,22?/m0/s1. The van der Waals surface area contributed by atoms with Crippen molar-refractivity contribution in [2.75, 3.05) is 0 Å². The van der Waals surface area contributed by atoms with Gasteiger partial charge in [-0.3, -0.25) is 9.59 Å². The molecule has 6 heteroatoms. The topological polar surface area (TPSA) is 72.2 Å². The van der Waals surface area contributed by atoms with E-state index in [1.165, 1.54) is 36.4 Å². The zero-order valence-corrected chi connectivity index (χ0v) is 16.0. The van der Waals surface area contributed by atoms with Crippen LogP contribution in [-0.4, -0.2) is 11.8 Å². The lowest BCUT2D eigenvalue weighted by Gasteiger charge is -2.38. The third-order valence-corrected chi connectivity index (χ3v) is 5.70. The smallest absolute Gasteiger partial charge is 0.225 e. The molecule has 0 bridgehead atoms. The van der Waals surface area contributed by atoms with Crippen molar-refractivity contribution >= 4 is 11.8 Å². The number of carbonyl (C=O) groups is 2. The van der Waals surface area contributed by atoms with Crippen molar-refractivity contribution in [2.45, 2.75) is 17.9 Å². The fourth-order valence-corrected chi connectivity index (χ4v) is 4.56. The predicted octanol–water partition coefficient (Wildman–Crippen LogP) is 3.61. The second-order valence-corrected chi connectivity index (χ2v) is 7.42. The Morgan fingerprint density at radius 1 is 0.867 bits per heavy atom. The summed E-state index contributed by atoms with van der Waals surface area (Å²) in [5, 5.41) is 2.86. The highest BCUT2D eigenvalue weighted by Gasteiger charge is 2.57. The van der Waals surface area contributed by atoms with E-state index in [2.05, 4.69) is 5.32 Å². The molecule has 0 aliphatic carbocycles. The molecule has 30 heavy (non-hydrogen) atoms. The molecule has 4 nitrogen and oxygen atoms in total. The number of benzene rings is 3. The predicted molar refractivity (Wildman–Crippen MR) is 108 cm³/mol. The zero-order chi connectivity index (χ0) is 21.3. The molecule has 3 aromatic carbocycles.